The third-order valence-corrected chi connectivity index (χ3v) is 4.08. The lowest BCUT2D eigenvalue weighted by Crippen LogP contribution is -2.15. The van der Waals surface area contributed by atoms with Crippen LogP contribution in [-0.2, 0) is 6.42 Å². The molecule has 6 nitrogen and oxygen atoms in total. The van der Waals surface area contributed by atoms with E-state index in [0.717, 1.165) is 10.4 Å². The predicted octanol–water partition coefficient (Wildman–Crippen LogP) is 2.67. The predicted molar refractivity (Wildman–Crippen MR) is 80.1 cm³/mol. The molecule has 2 N–H and O–H groups in total. The average Bonchev–Trinajstić information content (AvgIpc) is 2.75. The molecule has 1 amide bonds. The number of rotatable bonds is 4. The van der Waals surface area contributed by atoms with Crippen LogP contribution in [0.3, 0.4) is 0 Å². The van der Waals surface area contributed by atoms with Gasteiger partial charge in [-0.1, -0.05) is 6.92 Å². The molecule has 2 heterocycles. The fourth-order valence-electron chi connectivity index (χ4n) is 2.00. The summed E-state index contributed by atoms with van der Waals surface area (Å²) in [7, 11) is 0. The Morgan fingerprint density at radius 2 is 2.00 bits per heavy atom. The fourth-order valence-corrected chi connectivity index (χ4v) is 3.13. The molecule has 2 aromatic heterocycles. The maximum atomic E-state index is 12.1. The number of thiophene rings is 1. The Balaban J connectivity index is 2.33. The van der Waals surface area contributed by atoms with Crippen LogP contribution in [0.1, 0.15) is 43.9 Å². The number of nitrogens with one attached hydrogen (secondary N) is 1. The van der Waals surface area contributed by atoms with Gasteiger partial charge in [0.05, 0.1) is 17.5 Å². The Bertz CT molecular complexity index is 692. The van der Waals surface area contributed by atoms with Crippen LogP contribution in [0, 0.1) is 13.8 Å². The highest BCUT2D eigenvalue weighted by Gasteiger charge is 2.22. The summed E-state index contributed by atoms with van der Waals surface area (Å²) in [6, 6.07) is 0. The van der Waals surface area contributed by atoms with Crippen molar-refractivity contribution in [2.45, 2.75) is 27.2 Å². The van der Waals surface area contributed by atoms with Crippen molar-refractivity contribution < 1.29 is 14.7 Å². The zero-order valence-electron chi connectivity index (χ0n) is 11.9. The number of hydrogen-bond donors (Lipinski definition) is 2. The molecular formula is C14H15N3O3S. The minimum absolute atomic E-state index is 0.154. The van der Waals surface area contributed by atoms with E-state index in [9.17, 15) is 14.7 Å². The van der Waals surface area contributed by atoms with Crippen molar-refractivity contribution in [2.75, 3.05) is 5.32 Å². The number of amides is 1. The average molecular weight is 305 g/mol. The minimum Gasteiger partial charge on any atom is -0.478 e. The van der Waals surface area contributed by atoms with Gasteiger partial charge in [0.25, 0.3) is 5.91 Å². The van der Waals surface area contributed by atoms with Gasteiger partial charge < -0.3 is 10.4 Å². The Morgan fingerprint density at radius 1 is 1.29 bits per heavy atom. The summed E-state index contributed by atoms with van der Waals surface area (Å²) in [6.45, 7) is 5.50. The van der Waals surface area contributed by atoms with E-state index in [-0.39, 0.29) is 11.3 Å². The van der Waals surface area contributed by atoms with Crippen molar-refractivity contribution in [3.05, 3.63) is 39.8 Å². The zero-order chi connectivity index (χ0) is 15.6. The van der Waals surface area contributed by atoms with Crippen LogP contribution in [0.5, 0.6) is 0 Å². The lowest BCUT2D eigenvalue weighted by Gasteiger charge is -2.04. The molecule has 0 unspecified atom stereocenters. The van der Waals surface area contributed by atoms with Gasteiger partial charge >= 0.3 is 5.97 Å². The number of hydrogen-bond acceptors (Lipinski definition) is 5. The normalized spacial score (nSPS) is 10.4. The highest BCUT2D eigenvalue weighted by Crippen LogP contribution is 2.33. The maximum absolute atomic E-state index is 12.1. The molecule has 7 heteroatoms. The van der Waals surface area contributed by atoms with Gasteiger partial charge in [-0.2, -0.15) is 0 Å². The smallest absolute Gasteiger partial charge is 0.339 e. The quantitative estimate of drug-likeness (QED) is 0.906. The SMILES string of the molecule is CCc1c(C)sc(NC(=O)c2cnc(C)cn2)c1C(=O)O. The number of aromatic carboxylic acids is 1. The molecule has 0 spiro atoms. The summed E-state index contributed by atoms with van der Waals surface area (Å²) in [5.41, 5.74) is 1.77. The molecule has 0 aliphatic heterocycles. The third kappa shape index (κ3) is 3.08. The monoisotopic (exact) mass is 305 g/mol. The first-order chi connectivity index (χ1) is 9.93. The topological polar surface area (TPSA) is 92.2 Å². The first-order valence-corrected chi connectivity index (χ1v) is 7.21. The molecule has 0 aliphatic rings. The molecule has 0 radical (unpaired) electrons. The summed E-state index contributed by atoms with van der Waals surface area (Å²) >= 11 is 1.26. The second-order valence-electron chi connectivity index (χ2n) is 4.50. The number of carbonyl (C=O) groups excluding carboxylic acids is 1. The summed E-state index contributed by atoms with van der Waals surface area (Å²) in [5.74, 6) is -1.50. The molecule has 0 fully saturated rings. The molecule has 110 valence electrons. The number of carboxylic acids is 1. The Labute approximate surface area is 125 Å². The van der Waals surface area contributed by atoms with Crippen LogP contribution < -0.4 is 5.32 Å². The molecule has 0 saturated heterocycles. The highest BCUT2D eigenvalue weighted by molar-refractivity contribution is 7.16. The van der Waals surface area contributed by atoms with E-state index >= 15 is 0 Å². The van der Waals surface area contributed by atoms with Crippen LogP contribution in [0.15, 0.2) is 12.4 Å². The fraction of sp³-hybridized carbons (Fsp3) is 0.286. The van der Waals surface area contributed by atoms with E-state index in [1.165, 1.54) is 23.7 Å². The van der Waals surface area contributed by atoms with Crippen LogP contribution >= 0.6 is 11.3 Å². The Hall–Kier alpha value is -2.28. The lowest BCUT2D eigenvalue weighted by atomic mass is 10.1. The Morgan fingerprint density at radius 3 is 2.52 bits per heavy atom. The lowest BCUT2D eigenvalue weighted by molar-refractivity contribution is 0.0697. The molecule has 0 aliphatic carbocycles. The van der Waals surface area contributed by atoms with Gasteiger partial charge in [-0.15, -0.1) is 11.3 Å². The van der Waals surface area contributed by atoms with Crippen molar-refractivity contribution in [3.63, 3.8) is 0 Å². The van der Waals surface area contributed by atoms with Crippen LogP contribution in [-0.4, -0.2) is 27.0 Å². The van der Waals surface area contributed by atoms with Gasteiger partial charge in [0, 0.05) is 11.1 Å². The molecule has 2 aromatic rings. The molecule has 0 saturated carbocycles. The minimum atomic E-state index is -1.04. The van der Waals surface area contributed by atoms with Gasteiger partial charge in [-0.25, -0.2) is 9.78 Å². The number of carbonyl (C=O) groups is 2. The van der Waals surface area contributed by atoms with Crippen molar-refractivity contribution in [1.82, 2.24) is 9.97 Å². The van der Waals surface area contributed by atoms with Crippen molar-refractivity contribution >= 4 is 28.2 Å². The largest absolute Gasteiger partial charge is 0.478 e. The molecule has 21 heavy (non-hydrogen) atoms. The third-order valence-electron chi connectivity index (χ3n) is 3.02. The van der Waals surface area contributed by atoms with Gasteiger partial charge in [0.1, 0.15) is 10.7 Å². The first kappa shape index (κ1) is 15.1. The molecule has 0 bridgehead atoms. The maximum Gasteiger partial charge on any atom is 0.339 e. The van der Waals surface area contributed by atoms with Gasteiger partial charge in [0.15, 0.2) is 0 Å². The van der Waals surface area contributed by atoms with E-state index in [1.807, 2.05) is 13.8 Å². The number of aryl methyl sites for hydroxylation is 2. The molecular weight excluding hydrogens is 290 g/mol. The highest BCUT2D eigenvalue weighted by atomic mass is 32.1. The summed E-state index contributed by atoms with van der Waals surface area (Å²) in [4.78, 5) is 32.4. The van der Waals surface area contributed by atoms with E-state index in [4.69, 9.17) is 0 Å². The summed E-state index contributed by atoms with van der Waals surface area (Å²) in [5, 5.41) is 12.3. The molecule has 0 aromatic carbocycles. The summed E-state index contributed by atoms with van der Waals surface area (Å²) < 4.78 is 0. The van der Waals surface area contributed by atoms with E-state index in [2.05, 4.69) is 15.3 Å². The van der Waals surface area contributed by atoms with E-state index < -0.39 is 11.9 Å². The standard InChI is InChI=1S/C14H15N3O3S/c1-4-9-8(3)21-13(11(9)14(19)20)17-12(18)10-6-15-7(2)5-16-10/h5-6H,4H2,1-3H3,(H,17,18)(H,19,20). The summed E-state index contributed by atoms with van der Waals surface area (Å²) in [6.07, 6.45) is 3.46. The number of nitrogens with zero attached hydrogens (tertiary/aromatic N) is 2. The number of anilines is 1. The number of aromatic nitrogens is 2. The second kappa shape index (κ2) is 6.01. The van der Waals surface area contributed by atoms with Crippen LogP contribution in [0.4, 0.5) is 5.00 Å². The zero-order valence-corrected chi connectivity index (χ0v) is 12.7. The van der Waals surface area contributed by atoms with Crippen molar-refractivity contribution in [1.29, 1.82) is 0 Å². The van der Waals surface area contributed by atoms with Gasteiger partial charge in [-0.05, 0) is 25.8 Å². The van der Waals surface area contributed by atoms with Gasteiger partial charge in [-0.3, -0.25) is 9.78 Å². The number of carboxylic acid groups (broad SMARTS) is 1. The van der Waals surface area contributed by atoms with Crippen molar-refractivity contribution in [3.8, 4) is 0 Å². The van der Waals surface area contributed by atoms with Crippen LogP contribution in [0.25, 0.3) is 0 Å². The van der Waals surface area contributed by atoms with E-state index in [1.54, 1.807) is 6.92 Å². The van der Waals surface area contributed by atoms with Crippen LogP contribution in [0.2, 0.25) is 0 Å². The second-order valence-corrected chi connectivity index (χ2v) is 5.72. The molecule has 2 rings (SSSR count). The molecule has 0 atom stereocenters. The van der Waals surface area contributed by atoms with Gasteiger partial charge in [0.2, 0.25) is 0 Å². The van der Waals surface area contributed by atoms with E-state index in [0.29, 0.717) is 17.1 Å². The first-order valence-electron chi connectivity index (χ1n) is 6.39. The Kier molecular flexibility index (Phi) is 4.32. The van der Waals surface area contributed by atoms with Crippen molar-refractivity contribution in [2.24, 2.45) is 0 Å².